The quantitative estimate of drug-likeness (QED) is 0.928. The lowest BCUT2D eigenvalue weighted by molar-refractivity contribution is 0.198. The maximum atomic E-state index is 5.58. The highest BCUT2D eigenvalue weighted by Crippen LogP contribution is 2.29. The Hall–Kier alpha value is -1.58. The van der Waals surface area contributed by atoms with Crippen LogP contribution in [0.4, 0.5) is 0 Å². The van der Waals surface area contributed by atoms with Crippen LogP contribution in [0.25, 0.3) is 10.8 Å². The smallest absolute Gasteiger partial charge is 0.123 e. The van der Waals surface area contributed by atoms with Crippen LogP contribution < -0.4 is 10.1 Å². The van der Waals surface area contributed by atoms with Gasteiger partial charge in [0, 0.05) is 37.8 Å². The monoisotopic (exact) mass is 270 g/mol. The summed E-state index contributed by atoms with van der Waals surface area (Å²) in [6.07, 6.45) is 0. The topological polar surface area (TPSA) is 24.5 Å². The first-order valence-electron chi connectivity index (χ1n) is 7.28. The fourth-order valence-electron chi connectivity index (χ4n) is 3.05. The van der Waals surface area contributed by atoms with E-state index in [9.17, 15) is 0 Å². The van der Waals surface area contributed by atoms with Crippen molar-refractivity contribution in [1.29, 1.82) is 0 Å². The molecule has 1 fully saturated rings. The standard InChI is InChI=1S/C17H22N2O/c1-13-11-19(10-9-18-13)12-16-15-6-4-3-5-14(15)7-8-17(16)20-2/h3-8,13,18H,9-12H2,1-2H3/t13-/m0/s1. The molecular weight excluding hydrogens is 248 g/mol. The minimum Gasteiger partial charge on any atom is -0.496 e. The molecule has 0 unspecified atom stereocenters. The lowest BCUT2D eigenvalue weighted by atomic mass is 10.0. The fourth-order valence-corrected chi connectivity index (χ4v) is 3.05. The minimum atomic E-state index is 0.560. The van der Waals surface area contributed by atoms with E-state index in [1.165, 1.54) is 16.3 Å². The van der Waals surface area contributed by atoms with Gasteiger partial charge in [-0.15, -0.1) is 0 Å². The van der Waals surface area contributed by atoms with Gasteiger partial charge in [0.05, 0.1) is 7.11 Å². The Morgan fingerprint density at radius 1 is 1.25 bits per heavy atom. The number of fused-ring (bicyclic) bond motifs is 1. The molecule has 2 aromatic carbocycles. The van der Waals surface area contributed by atoms with Crippen LogP contribution in [0.5, 0.6) is 5.75 Å². The number of nitrogens with one attached hydrogen (secondary N) is 1. The van der Waals surface area contributed by atoms with Crippen LogP contribution in [0.3, 0.4) is 0 Å². The third kappa shape index (κ3) is 2.65. The molecule has 0 radical (unpaired) electrons. The van der Waals surface area contributed by atoms with Crippen molar-refractivity contribution in [2.24, 2.45) is 0 Å². The van der Waals surface area contributed by atoms with Crippen molar-refractivity contribution in [3.63, 3.8) is 0 Å². The second kappa shape index (κ2) is 5.81. The first-order valence-corrected chi connectivity index (χ1v) is 7.28. The van der Waals surface area contributed by atoms with Gasteiger partial charge in [-0.2, -0.15) is 0 Å². The largest absolute Gasteiger partial charge is 0.496 e. The van der Waals surface area contributed by atoms with Crippen molar-refractivity contribution >= 4 is 10.8 Å². The van der Waals surface area contributed by atoms with Gasteiger partial charge in [0.25, 0.3) is 0 Å². The van der Waals surface area contributed by atoms with E-state index in [0.29, 0.717) is 6.04 Å². The van der Waals surface area contributed by atoms with E-state index in [2.05, 4.69) is 53.5 Å². The molecule has 1 aliphatic rings. The van der Waals surface area contributed by atoms with E-state index < -0.39 is 0 Å². The van der Waals surface area contributed by atoms with E-state index in [4.69, 9.17) is 4.74 Å². The van der Waals surface area contributed by atoms with Crippen molar-refractivity contribution in [1.82, 2.24) is 10.2 Å². The summed E-state index contributed by atoms with van der Waals surface area (Å²) in [5.41, 5.74) is 1.31. The van der Waals surface area contributed by atoms with Gasteiger partial charge in [-0.25, -0.2) is 0 Å². The molecule has 106 valence electrons. The maximum Gasteiger partial charge on any atom is 0.123 e. The Kier molecular flexibility index (Phi) is 3.90. The third-order valence-electron chi connectivity index (χ3n) is 4.05. The first kappa shape index (κ1) is 13.4. The molecule has 3 rings (SSSR count). The Morgan fingerprint density at radius 3 is 2.90 bits per heavy atom. The van der Waals surface area contributed by atoms with Gasteiger partial charge in [-0.05, 0) is 23.8 Å². The van der Waals surface area contributed by atoms with Crippen LogP contribution in [0.15, 0.2) is 36.4 Å². The third-order valence-corrected chi connectivity index (χ3v) is 4.05. The molecule has 20 heavy (non-hydrogen) atoms. The molecule has 1 heterocycles. The molecule has 1 aliphatic heterocycles. The van der Waals surface area contributed by atoms with E-state index in [0.717, 1.165) is 31.9 Å². The highest BCUT2D eigenvalue weighted by molar-refractivity contribution is 5.87. The number of methoxy groups -OCH3 is 1. The minimum absolute atomic E-state index is 0.560. The highest BCUT2D eigenvalue weighted by Gasteiger charge is 2.18. The molecule has 0 saturated carbocycles. The number of hydrogen-bond acceptors (Lipinski definition) is 3. The number of rotatable bonds is 3. The molecule has 1 atom stereocenters. The molecule has 2 aromatic rings. The second-order valence-corrected chi connectivity index (χ2v) is 5.56. The zero-order valence-corrected chi connectivity index (χ0v) is 12.2. The molecule has 0 aliphatic carbocycles. The van der Waals surface area contributed by atoms with Crippen LogP contribution in [0, 0.1) is 0 Å². The summed E-state index contributed by atoms with van der Waals surface area (Å²) in [6, 6.07) is 13.3. The Morgan fingerprint density at radius 2 is 2.10 bits per heavy atom. The SMILES string of the molecule is COc1ccc2ccccc2c1CN1CCN[C@@H](C)C1. The molecule has 1 saturated heterocycles. The van der Waals surface area contributed by atoms with Crippen molar-refractivity contribution in [3.05, 3.63) is 42.0 Å². The van der Waals surface area contributed by atoms with Crippen LogP contribution in [0.1, 0.15) is 12.5 Å². The summed E-state index contributed by atoms with van der Waals surface area (Å²) < 4.78 is 5.58. The van der Waals surface area contributed by atoms with Crippen LogP contribution in [0.2, 0.25) is 0 Å². The van der Waals surface area contributed by atoms with E-state index >= 15 is 0 Å². The summed E-state index contributed by atoms with van der Waals surface area (Å²) in [5.74, 6) is 0.995. The number of benzene rings is 2. The lowest BCUT2D eigenvalue weighted by Gasteiger charge is -2.32. The predicted octanol–water partition coefficient (Wildman–Crippen LogP) is 2.64. The van der Waals surface area contributed by atoms with E-state index in [1.54, 1.807) is 7.11 Å². The number of hydrogen-bond donors (Lipinski definition) is 1. The van der Waals surface area contributed by atoms with Crippen molar-refractivity contribution in [3.8, 4) is 5.75 Å². The van der Waals surface area contributed by atoms with Gasteiger partial charge in [0.1, 0.15) is 5.75 Å². The lowest BCUT2D eigenvalue weighted by Crippen LogP contribution is -2.48. The van der Waals surface area contributed by atoms with Gasteiger partial charge in [-0.1, -0.05) is 30.3 Å². The van der Waals surface area contributed by atoms with E-state index in [-0.39, 0.29) is 0 Å². The van der Waals surface area contributed by atoms with Crippen molar-refractivity contribution < 1.29 is 4.74 Å². The second-order valence-electron chi connectivity index (χ2n) is 5.56. The van der Waals surface area contributed by atoms with Crippen molar-refractivity contribution in [2.45, 2.75) is 19.5 Å². The zero-order chi connectivity index (χ0) is 13.9. The molecule has 0 aromatic heterocycles. The predicted molar refractivity (Wildman–Crippen MR) is 83.2 cm³/mol. The van der Waals surface area contributed by atoms with Gasteiger partial charge in [-0.3, -0.25) is 4.90 Å². The van der Waals surface area contributed by atoms with Gasteiger partial charge >= 0.3 is 0 Å². The summed E-state index contributed by atoms with van der Waals surface area (Å²) in [5, 5.41) is 6.08. The molecule has 0 bridgehead atoms. The summed E-state index contributed by atoms with van der Waals surface area (Å²) in [4.78, 5) is 2.51. The number of piperazine rings is 1. The first-order chi connectivity index (χ1) is 9.78. The Balaban J connectivity index is 1.96. The zero-order valence-electron chi connectivity index (χ0n) is 12.2. The summed E-state index contributed by atoms with van der Waals surface area (Å²) >= 11 is 0. The van der Waals surface area contributed by atoms with Gasteiger partial charge < -0.3 is 10.1 Å². The fraction of sp³-hybridized carbons (Fsp3) is 0.412. The summed E-state index contributed by atoms with van der Waals surface area (Å²) in [7, 11) is 1.76. The average Bonchev–Trinajstić information content (AvgIpc) is 2.48. The average molecular weight is 270 g/mol. The molecular formula is C17H22N2O. The molecule has 3 nitrogen and oxygen atoms in total. The highest BCUT2D eigenvalue weighted by atomic mass is 16.5. The molecule has 1 N–H and O–H groups in total. The number of nitrogens with zero attached hydrogens (tertiary/aromatic N) is 1. The normalized spacial score (nSPS) is 20.2. The van der Waals surface area contributed by atoms with Crippen LogP contribution in [-0.2, 0) is 6.54 Å². The summed E-state index contributed by atoms with van der Waals surface area (Å²) in [6.45, 7) is 6.44. The number of ether oxygens (including phenoxy) is 1. The molecule has 0 spiro atoms. The van der Waals surface area contributed by atoms with Crippen molar-refractivity contribution in [2.75, 3.05) is 26.7 Å². The van der Waals surface area contributed by atoms with Gasteiger partial charge in [0.2, 0.25) is 0 Å². The Labute approximate surface area is 120 Å². The Bertz CT molecular complexity index is 597. The maximum absolute atomic E-state index is 5.58. The van der Waals surface area contributed by atoms with E-state index in [1.807, 2.05) is 0 Å². The van der Waals surface area contributed by atoms with Crippen LogP contribution >= 0.6 is 0 Å². The van der Waals surface area contributed by atoms with Gasteiger partial charge in [0.15, 0.2) is 0 Å². The molecule has 0 amide bonds. The van der Waals surface area contributed by atoms with Crippen LogP contribution in [-0.4, -0.2) is 37.7 Å². The molecule has 3 heteroatoms.